The Kier molecular flexibility index (Phi) is 6.06. The van der Waals surface area contributed by atoms with Crippen LogP contribution in [0.15, 0.2) is 36.4 Å². The van der Waals surface area contributed by atoms with Gasteiger partial charge in [-0.2, -0.15) is 0 Å². The van der Waals surface area contributed by atoms with E-state index in [0.717, 1.165) is 18.4 Å². The molecule has 4 aliphatic rings. The van der Waals surface area contributed by atoms with E-state index in [9.17, 15) is 30.0 Å². The third-order valence-corrected chi connectivity index (χ3v) is 11.0. The minimum atomic E-state index is -1.09. The third kappa shape index (κ3) is 3.58. The van der Waals surface area contributed by atoms with Crippen molar-refractivity contribution < 1.29 is 34.8 Å². The number of aliphatic hydroxyl groups is 2. The highest BCUT2D eigenvalue weighted by Crippen LogP contribution is 2.67. The van der Waals surface area contributed by atoms with Gasteiger partial charge < -0.3 is 30.1 Å². The number of phenolic OH excluding ortho intramolecular Hbond substituents is 1. The zero-order valence-electron chi connectivity index (χ0n) is 23.6. The molecule has 8 heteroatoms. The molecule has 8 nitrogen and oxygen atoms in total. The molecule has 0 saturated heterocycles. The van der Waals surface area contributed by atoms with Crippen LogP contribution in [-0.2, 0) is 24.2 Å². The van der Waals surface area contributed by atoms with Crippen molar-refractivity contribution in [1.29, 1.82) is 0 Å². The Morgan fingerprint density at radius 1 is 1.12 bits per heavy atom. The maximum Gasteiger partial charge on any atom is 0.326 e. The summed E-state index contributed by atoms with van der Waals surface area (Å²) in [5, 5.41) is 43.3. The predicted molar refractivity (Wildman–Crippen MR) is 147 cm³/mol. The summed E-state index contributed by atoms with van der Waals surface area (Å²) in [5.41, 5.74) is 0.536. The molecule has 2 aromatic carbocycles. The summed E-state index contributed by atoms with van der Waals surface area (Å²) in [6.07, 6.45) is 0.972. The second-order valence-corrected chi connectivity index (χ2v) is 13.4. The van der Waals surface area contributed by atoms with Crippen LogP contribution in [0.1, 0.15) is 74.0 Å². The summed E-state index contributed by atoms with van der Waals surface area (Å²) in [5.74, 6) is -0.909. The molecule has 1 spiro atoms. The number of rotatable bonds is 4. The number of carboxylic acids is 1. The van der Waals surface area contributed by atoms with Crippen molar-refractivity contribution in [2.75, 3.05) is 0 Å². The number of carboxylic acid groups (broad SMARTS) is 1. The molecule has 2 saturated carbocycles. The highest BCUT2D eigenvalue weighted by molar-refractivity contribution is 6.02. The van der Waals surface area contributed by atoms with Gasteiger partial charge in [-0.25, -0.2) is 4.79 Å². The molecular weight excluding hydrogens is 510 g/mol. The number of hydrogen-bond acceptors (Lipinski definition) is 6. The van der Waals surface area contributed by atoms with E-state index < -0.39 is 46.6 Å². The van der Waals surface area contributed by atoms with E-state index in [1.165, 1.54) is 11.0 Å². The topological polar surface area (TPSA) is 128 Å². The van der Waals surface area contributed by atoms with Gasteiger partial charge in [0.05, 0.1) is 24.3 Å². The first-order valence-corrected chi connectivity index (χ1v) is 14.3. The molecular formula is C32H39NO7. The molecule has 40 heavy (non-hydrogen) atoms. The zero-order chi connectivity index (χ0) is 28.8. The van der Waals surface area contributed by atoms with Crippen molar-refractivity contribution in [3.63, 3.8) is 0 Å². The maximum absolute atomic E-state index is 13.6. The molecule has 4 N–H and O–H groups in total. The van der Waals surface area contributed by atoms with Crippen LogP contribution in [0.5, 0.6) is 11.5 Å². The molecule has 6 rings (SSSR count). The summed E-state index contributed by atoms with van der Waals surface area (Å²) in [6, 6.07) is 9.64. The first-order chi connectivity index (χ1) is 18.8. The predicted octanol–water partition coefficient (Wildman–Crippen LogP) is 3.92. The van der Waals surface area contributed by atoms with Crippen LogP contribution < -0.4 is 4.74 Å². The van der Waals surface area contributed by atoms with Crippen LogP contribution >= 0.6 is 0 Å². The number of amides is 1. The lowest BCUT2D eigenvalue weighted by Gasteiger charge is -2.64. The fourth-order valence-corrected chi connectivity index (χ4v) is 8.85. The van der Waals surface area contributed by atoms with Crippen molar-refractivity contribution in [2.45, 2.75) is 90.2 Å². The lowest BCUT2D eigenvalue weighted by atomic mass is 9.43. The van der Waals surface area contributed by atoms with Gasteiger partial charge in [0.2, 0.25) is 0 Å². The number of aliphatic carboxylic acids is 1. The Hall–Kier alpha value is -3.10. The molecule has 2 aliphatic heterocycles. The SMILES string of the molecule is C[C@@H]1CC[C@H]2C(C)(C)[C@H](O)[C@H](O)C[C@]2(C)[C@@]12Cc1c(O)cc3c(c1O2)CN(C(Cc1ccccc1)C(=O)O)C3=O. The number of benzene rings is 2. The average molecular weight is 550 g/mol. The summed E-state index contributed by atoms with van der Waals surface area (Å²) in [7, 11) is 0. The molecule has 214 valence electrons. The lowest BCUT2D eigenvalue weighted by molar-refractivity contribution is -0.240. The monoisotopic (exact) mass is 549 g/mol. The molecule has 2 heterocycles. The second kappa shape index (κ2) is 8.95. The van der Waals surface area contributed by atoms with E-state index in [2.05, 4.69) is 13.8 Å². The molecule has 1 amide bonds. The summed E-state index contributed by atoms with van der Waals surface area (Å²) in [6.45, 7) is 8.40. The van der Waals surface area contributed by atoms with Crippen LogP contribution in [0.4, 0.5) is 0 Å². The van der Waals surface area contributed by atoms with Crippen LogP contribution in [0.3, 0.4) is 0 Å². The van der Waals surface area contributed by atoms with E-state index in [-0.39, 0.29) is 36.1 Å². The lowest BCUT2D eigenvalue weighted by Crippen LogP contribution is -2.69. The van der Waals surface area contributed by atoms with Gasteiger partial charge in [-0.3, -0.25) is 4.79 Å². The first kappa shape index (κ1) is 27.1. The smallest absolute Gasteiger partial charge is 0.326 e. The standard InChI is InChI=1S/C32H39NO7/c1-17-10-11-25-30(2,3)27(36)24(35)15-31(25,4)32(17)14-20-23(34)13-19-21(26(20)40-32)16-33(28(19)37)22(29(38)39)12-18-8-6-5-7-9-18/h5-9,13,17,22,24-25,27,34-36H,10-12,14-16H2,1-4H3,(H,38,39)/t17-,22?,24-,25+,27-,31+,32-/m1/s1. The van der Waals surface area contributed by atoms with Crippen molar-refractivity contribution in [2.24, 2.45) is 22.7 Å². The van der Waals surface area contributed by atoms with Gasteiger partial charge in [-0.1, -0.05) is 58.0 Å². The molecule has 0 aromatic heterocycles. The normalized spacial score (nSPS) is 34.6. The molecule has 2 aromatic rings. The van der Waals surface area contributed by atoms with Gasteiger partial charge in [0, 0.05) is 29.4 Å². The van der Waals surface area contributed by atoms with Crippen LogP contribution in [0.2, 0.25) is 0 Å². The number of nitrogens with zero attached hydrogens (tertiary/aromatic N) is 1. The Balaban J connectivity index is 1.39. The number of aliphatic hydroxyl groups excluding tert-OH is 2. The second-order valence-electron chi connectivity index (χ2n) is 13.4. The summed E-state index contributed by atoms with van der Waals surface area (Å²) >= 11 is 0. The number of carbonyl (C=O) groups excluding carboxylic acids is 1. The molecule has 2 fully saturated rings. The average Bonchev–Trinajstić information content (AvgIpc) is 3.46. The van der Waals surface area contributed by atoms with Gasteiger partial charge in [-0.15, -0.1) is 0 Å². The third-order valence-electron chi connectivity index (χ3n) is 11.0. The number of ether oxygens (including phenoxy) is 1. The first-order valence-electron chi connectivity index (χ1n) is 14.3. The van der Waals surface area contributed by atoms with Crippen molar-refractivity contribution in [3.8, 4) is 11.5 Å². The van der Waals surface area contributed by atoms with Gasteiger partial charge in [0.15, 0.2) is 0 Å². The highest BCUT2D eigenvalue weighted by atomic mass is 16.5. The molecule has 0 radical (unpaired) electrons. The van der Waals surface area contributed by atoms with E-state index in [1.54, 1.807) is 0 Å². The fourth-order valence-electron chi connectivity index (χ4n) is 8.85. The van der Waals surface area contributed by atoms with Crippen LogP contribution in [-0.4, -0.2) is 61.1 Å². The van der Waals surface area contributed by atoms with Gasteiger partial charge in [0.1, 0.15) is 23.1 Å². The maximum atomic E-state index is 13.6. The van der Waals surface area contributed by atoms with E-state index >= 15 is 0 Å². The Bertz CT molecular complexity index is 1370. The minimum Gasteiger partial charge on any atom is -0.508 e. The van der Waals surface area contributed by atoms with Crippen LogP contribution in [0.25, 0.3) is 0 Å². The molecule has 7 atom stereocenters. The minimum absolute atomic E-state index is 0.0238. The fraction of sp³-hybridized carbons (Fsp3) is 0.562. The number of fused-ring (bicyclic) bond motifs is 5. The number of carbonyl (C=O) groups is 2. The summed E-state index contributed by atoms with van der Waals surface area (Å²) < 4.78 is 7.00. The Morgan fingerprint density at radius 3 is 2.50 bits per heavy atom. The van der Waals surface area contributed by atoms with E-state index in [4.69, 9.17) is 4.74 Å². The molecule has 1 unspecified atom stereocenters. The zero-order valence-corrected chi connectivity index (χ0v) is 23.6. The quantitative estimate of drug-likeness (QED) is 0.455. The summed E-state index contributed by atoms with van der Waals surface area (Å²) in [4.78, 5) is 27.3. The van der Waals surface area contributed by atoms with Crippen molar-refractivity contribution in [1.82, 2.24) is 4.90 Å². The Labute approximate surface area is 234 Å². The number of aromatic hydroxyl groups is 1. The van der Waals surface area contributed by atoms with E-state index in [0.29, 0.717) is 29.7 Å². The largest absolute Gasteiger partial charge is 0.508 e. The van der Waals surface area contributed by atoms with Crippen LogP contribution in [0, 0.1) is 22.7 Å². The van der Waals surface area contributed by atoms with E-state index in [1.807, 2.05) is 44.2 Å². The van der Waals surface area contributed by atoms with Crippen molar-refractivity contribution in [3.05, 3.63) is 58.7 Å². The molecule has 2 aliphatic carbocycles. The van der Waals surface area contributed by atoms with Crippen molar-refractivity contribution >= 4 is 11.9 Å². The Morgan fingerprint density at radius 2 is 1.82 bits per heavy atom. The highest BCUT2D eigenvalue weighted by Gasteiger charge is 2.69. The van der Waals surface area contributed by atoms with Gasteiger partial charge in [0.25, 0.3) is 5.91 Å². The number of hydrogen-bond donors (Lipinski definition) is 4. The van der Waals surface area contributed by atoms with Gasteiger partial charge >= 0.3 is 5.97 Å². The van der Waals surface area contributed by atoms with Gasteiger partial charge in [-0.05, 0) is 48.1 Å². The molecule has 0 bridgehead atoms. The number of phenols is 1.